The van der Waals surface area contributed by atoms with Crippen LogP contribution in [0.2, 0.25) is 0 Å². The highest BCUT2D eigenvalue weighted by Crippen LogP contribution is 2.11. The summed E-state index contributed by atoms with van der Waals surface area (Å²) in [7, 11) is 0. The maximum atomic E-state index is 12.1. The number of anilines is 1. The Bertz CT molecular complexity index is 545. The quantitative estimate of drug-likeness (QED) is 0.866. The van der Waals surface area contributed by atoms with E-state index < -0.39 is 6.09 Å². The molecule has 0 saturated heterocycles. The summed E-state index contributed by atoms with van der Waals surface area (Å²) in [4.78, 5) is 27.9. The summed E-state index contributed by atoms with van der Waals surface area (Å²) in [6, 6.07) is 8.63. The van der Waals surface area contributed by atoms with Gasteiger partial charge in [0.2, 0.25) is 0 Å². The first-order valence-corrected chi connectivity index (χ1v) is 7.16. The fourth-order valence-electron chi connectivity index (χ4n) is 2.01. The van der Waals surface area contributed by atoms with Crippen molar-refractivity contribution in [2.24, 2.45) is 10.9 Å². The Morgan fingerprint density at radius 3 is 2.82 bits per heavy atom. The van der Waals surface area contributed by atoms with Gasteiger partial charge in [0.1, 0.15) is 19.0 Å². The minimum Gasteiger partial charge on any atom is -0.447 e. The average molecular weight is 304 g/mol. The Morgan fingerprint density at radius 2 is 2.14 bits per heavy atom. The molecule has 0 aliphatic carbocycles. The van der Waals surface area contributed by atoms with Crippen molar-refractivity contribution in [2.45, 2.75) is 19.9 Å². The number of rotatable bonds is 5. The van der Waals surface area contributed by atoms with E-state index in [-0.39, 0.29) is 31.0 Å². The molecule has 2 rings (SSSR count). The van der Waals surface area contributed by atoms with Gasteiger partial charge in [-0.1, -0.05) is 32.0 Å². The Morgan fingerprint density at radius 1 is 1.41 bits per heavy atom. The molecule has 0 bridgehead atoms. The first-order chi connectivity index (χ1) is 10.6. The van der Waals surface area contributed by atoms with E-state index in [9.17, 15) is 9.59 Å². The van der Waals surface area contributed by atoms with Crippen LogP contribution in [0, 0.1) is 5.92 Å². The molecule has 1 aliphatic heterocycles. The van der Waals surface area contributed by atoms with Gasteiger partial charge in [-0.2, -0.15) is 0 Å². The summed E-state index contributed by atoms with van der Waals surface area (Å²) < 4.78 is 5.06. The Kier molecular flexibility index (Phi) is 5.35. The smallest absolute Gasteiger partial charge is 0.411 e. The van der Waals surface area contributed by atoms with Crippen LogP contribution in [0.1, 0.15) is 13.8 Å². The second-order valence-electron chi connectivity index (χ2n) is 5.21. The second-order valence-corrected chi connectivity index (χ2v) is 5.21. The fraction of sp³-hybridized carbons (Fsp3) is 0.400. The first-order valence-electron chi connectivity index (χ1n) is 7.16. The number of carbonyl (C=O) groups is 2. The van der Waals surface area contributed by atoms with Gasteiger partial charge in [-0.15, -0.1) is 0 Å². The lowest BCUT2D eigenvalue weighted by Crippen LogP contribution is -2.53. The lowest BCUT2D eigenvalue weighted by molar-refractivity contribution is -0.136. The van der Waals surface area contributed by atoms with Gasteiger partial charge >= 0.3 is 6.09 Å². The van der Waals surface area contributed by atoms with E-state index in [0.29, 0.717) is 5.69 Å². The highest BCUT2D eigenvalue weighted by Gasteiger charge is 2.28. The van der Waals surface area contributed by atoms with E-state index in [4.69, 9.17) is 4.74 Å². The lowest BCUT2D eigenvalue weighted by Gasteiger charge is -2.30. The number of aliphatic imine (C=N–C) groups is 1. The van der Waals surface area contributed by atoms with Crippen molar-refractivity contribution in [1.82, 2.24) is 10.4 Å². The van der Waals surface area contributed by atoms with Crippen LogP contribution in [-0.4, -0.2) is 42.5 Å². The molecule has 0 unspecified atom stereocenters. The van der Waals surface area contributed by atoms with E-state index >= 15 is 0 Å². The number of ether oxygens (including phenoxy) is 1. The van der Waals surface area contributed by atoms with Gasteiger partial charge in [-0.3, -0.25) is 25.5 Å². The van der Waals surface area contributed by atoms with Crippen molar-refractivity contribution in [1.29, 1.82) is 0 Å². The highest BCUT2D eigenvalue weighted by atomic mass is 16.5. The van der Waals surface area contributed by atoms with Gasteiger partial charge in [0.05, 0.1) is 6.54 Å². The molecular formula is C15H20N4O3. The molecule has 1 aliphatic rings. The summed E-state index contributed by atoms with van der Waals surface area (Å²) >= 11 is 0. The van der Waals surface area contributed by atoms with Gasteiger partial charge in [0.15, 0.2) is 0 Å². The molecule has 2 amide bonds. The number of nitrogens with zero attached hydrogens (tertiary/aromatic N) is 2. The minimum absolute atomic E-state index is 0.0933. The number of amides is 2. The molecule has 1 atom stereocenters. The molecular weight excluding hydrogens is 284 g/mol. The highest BCUT2D eigenvalue weighted by molar-refractivity contribution is 5.87. The van der Waals surface area contributed by atoms with Gasteiger partial charge < -0.3 is 4.74 Å². The second kappa shape index (κ2) is 7.44. The van der Waals surface area contributed by atoms with Crippen molar-refractivity contribution < 1.29 is 14.3 Å². The summed E-state index contributed by atoms with van der Waals surface area (Å²) in [6.45, 7) is 4.23. The topological polar surface area (TPSA) is 83.0 Å². The molecule has 0 radical (unpaired) electrons. The molecule has 1 aromatic carbocycles. The van der Waals surface area contributed by atoms with Crippen LogP contribution in [0.5, 0.6) is 0 Å². The SMILES string of the molecule is CC(C)[C@@H]1N=CNN(CCOC(=O)Nc2ccccc2)C1=O. The summed E-state index contributed by atoms with van der Waals surface area (Å²) in [5.41, 5.74) is 3.42. The lowest BCUT2D eigenvalue weighted by atomic mass is 10.0. The Balaban J connectivity index is 1.75. The average Bonchev–Trinajstić information content (AvgIpc) is 2.49. The molecule has 1 aromatic rings. The molecule has 22 heavy (non-hydrogen) atoms. The number of nitrogens with one attached hydrogen (secondary N) is 2. The van der Waals surface area contributed by atoms with E-state index in [2.05, 4.69) is 15.7 Å². The summed E-state index contributed by atoms with van der Waals surface area (Å²) in [5.74, 6) is 0.000199. The van der Waals surface area contributed by atoms with Crippen molar-refractivity contribution in [3.8, 4) is 0 Å². The molecule has 7 nitrogen and oxygen atoms in total. The Labute approximate surface area is 129 Å². The fourth-order valence-corrected chi connectivity index (χ4v) is 2.01. The molecule has 7 heteroatoms. The van der Waals surface area contributed by atoms with Crippen LogP contribution in [-0.2, 0) is 9.53 Å². The van der Waals surface area contributed by atoms with Gasteiger partial charge in [-0.25, -0.2) is 4.79 Å². The van der Waals surface area contributed by atoms with Crippen LogP contribution in [0.15, 0.2) is 35.3 Å². The van der Waals surface area contributed by atoms with E-state index in [0.717, 1.165) is 0 Å². The predicted molar refractivity (Wildman–Crippen MR) is 83.4 cm³/mol. The molecule has 118 valence electrons. The van der Waals surface area contributed by atoms with Gasteiger partial charge in [-0.05, 0) is 18.1 Å². The largest absolute Gasteiger partial charge is 0.447 e. The predicted octanol–water partition coefficient (Wildman–Crippen LogP) is 1.63. The van der Waals surface area contributed by atoms with Crippen molar-refractivity contribution >= 4 is 24.0 Å². The number of hydrogen-bond acceptors (Lipinski definition) is 5. The Hall–Kier alpha value is -2.57. The standard InChI is InChI=1S/C15H20N4O3/c1-11(2)13-14(20)19(17-10-16-13)8-9-22-15(21)18-12-6-4-3-5-7-12/h3-7,10-11,13H,8-9H2,1-2H3,(H,16,17)(H,18,21)/t13-/m0/s1. The third kappa shape index (κ3) is 4.21. The molecule has 0 spiro atoms. The molecule has 2 N–H and O–H groups in total. The molecule has 0 aromatic heterocycles. The maximum Gasteiger partial charge on any atom is 0.411 e. The maximum absolute atomic E-state index is 12.1. The summed E-state index contributed by atoms with van der Waals surface area (Å²) in [6.07, 6.45) is 0.945. The zero-order valence-electron chi connectivity index (χ0n) is 12.7. The van der Waals surface area contributed by atoms with Crippen molar-refractivity contribution in [3.05, 3.63) is 30.3 Å². The number of hydrogen-bond donors (Lipinski definition) is 2. The number of benzene rings is 1. The normalized spacial score (nSPS) is 17.3. The van der Waals surface area contributed by atoms with Crippen LogP contribution < -0.4 is 10.7 Å². The van der Waals surface area contributed by atoms with Crippen LogP contribution in [0.4, 0.5) is 10.5 Å². The van der Waals surface area contributed by atoms with E-state index in [1.165, 1.54) is 11.3 Å². The third-order valence-electron chi connectivity index (χ3n) is 3.17. The van der Waals surface area contributed by atoms with Crippen molar-refractivity contribution in [2.75, 3.05) is 18.5 Å². The van der Waals surface area contributed by atoms with Gasteiger partial charge in [0.25, 0.3) is 5.91 Å². The van der Waals surface area contributed by atoms with E-state index in [1.54, 1.807) is 12.1 Å². The van der Waals surface area contributed by atoms with Crippen LogP contribution in [0.25, 0.3) is 0 Å². The zero-order chi connectivity index (χ0) is 15.9. The molecule has 0 fully saturated rings. The zero-order valence-corrected chi connectivity index (χ0v) is 12.7. The number of carbonyl (C=O) groups excluding carboxylic acids is 2. The van der Waals surface area contributed by atoms with Crippen molar-refractivity contribution in [3.63, 3.8) is 0 Å². The summed E-state index contributed by atoms with van der Waals surface area (Å²) in [5, 5.41) is 4.02. The first kappa shape index (κ1) is 15.8. The van der Waals surface area contributed by atoms with Crippen LogP contribution >= 0.6 is 0 Å². The molecule has 1 heterocycles. The number of para-hydroxylation sites is 1. The van der Waals surface area contributed by atoms with Gasteiger partial charge in [0, 0.05) is 5.69 Å². The van der Waals surface area contributed by atoms with E-state index in [1.807, 2.05) is 32.0 Å². The van der Waals surface area contributed by atoms with Crippen LogP contribution in [0.3, 0.4) is 0 Å². The third-order valence-corrected chi connectivity index (χ3v) is 3.17. The monoisotopic (exact) mass is 304 g/mol. The molecule has 0 saturated carbocycles. The number of hydrazine groups is 1. The minimum atomic E-state index is -0.551.